The topological polar surface area (TPSA) is 47.7 Å². The van der Waals surface area contributed by atoms with Gasteiger partial charge < -0.3 is 20.1 Å². The molecule has 4 nitrogen and oxygen atoms in total. The molecule has 0 amide bonds. The molecule has 0 atom stereocenters. The first-order valence-corrected chi connectivity index (χ1v) is 5.86. The maximum atomic E-state index is 5.65. The third kappa shape index (κ3) is 6.66. The Morgan fingerprint density at radius 1 is 1.19 bits per heavy atom. The van der Waals surface area contributed by atoms with Crippen LogP contribution < -0.4 is 5.73 Å². The van der Waals surface area contributed by atoms with E-state index in [2.05, 4.69) is 4.90 Å². The summed E-state index contributed by atoms with van der Waals surface area (Å²) in [5, 5.41) is 0. The quantitative estimate of drug-likeness (QED) is 0.679. The molecule has 0 spiro atoms. The Hall–Kier alpha value is 0.130. The predicted molar refractivity (Wildman–Crippen MR) is 68.2 cm³/mol. The minimum absolute atomic E-state index is 0. The molecule has 0 aromatic carbocycles. The molecule has 98 valence electrons. The molecule has 16 heavy (non-hydrogen) atoms. The highest BCUT2D eigenvalue weighted by molar-refractivity contribution is 5.85. The molecular formula is C11H25ClN2O2. The van der Waals surface area contributed by atoms with Gasteiger partial charge in [-0.15, -0.1) is 12.4 Å². The second-order valence-corrected chi connectivity index (χ2v) is 4.13. The Morgan fingerprint density at radius 3 is 2.44 bits per heavy atom. The van der Waals surface area contributed by atoms with Crippen molar-refractivity contribution in [2.45, 2.75) is 12.8 Å². The first-order chi connectivity index (χ1) is 7.36. The van der Waals surface area contributed by atoms with Crippen molar-refractivity contribution < 1.29 is 9.47 Å². The van der Waals surface area contributed by atoms with Gasteiger partial charge in [-0.05, 0) is 38.4 Å². The molecule has 0 aromatic rings. The molecule has 0 aliphatic carbocycles. The van der Waals surface area contributed by atoms with Crippen molar-refractivity contribution in [3.8, 4) is 0 Å². The highest BCUT2D eigenvalue weighted by Crippen LogP contribution is 2.14. The van der Waals surface area contributed by atoms with Crippen molar-refractivity contribution in [3.05, 3.63) is 0 Å². The van der Waals surface area contributed by atoms with E-state index in [1.807, 2.05) is 0 Å². The second kappa shape index (κ2) is 10.3. The number of piperidine rings is 1. The van der Waals surface area contributed by atoms with Crippen molar-refractivity contribution in [2.75, 3.05) is 53.1 Å². The van der Waals surface area contributed by atoms with Crippen molar-refractivity contribution in [3.63, 3.8) is 0 Å². The van der Waals surface area contributed by atoms with Crippen LogP contribution in [-0.4, -0.2) is 58.0 Å². The van der Waals surface area contributed by atoms with E-state index < -0.39 is 0 Å². The first-order valence-electron chi connectivity index (χ1n) is 5.86. The number of rotatable bonds is 7. The van der Waals surface area contributed by atoms with Gasteiger partial charge >= 0.3 is 0 Å². The zero-order chi connectivity index (χ0) is 10.9. The van der Waals surface area contributed by atoms with Crippen LogP contribution in [0.5, 0.6) is 0 Å². The van der Waals surface area contributed by atoms with E-state index >= 15 is 0 Å². The Morgan fingerprint density at radius 2 is 1.88 bits per heavy atom. The molecule has 0 bridgehead atoms. The van der Waals surface area contributed by atoms with Crippen LogP contribution in [0.3, 0.4) is 0 Å². The van der Waals surface area contributed by atoms with E-state index in [4.69, 9.17) is 15.2 Å². The minimum Gasteiger partial charge on any atom is -0.382 e. The van der Waals surface area contributed by atoms with Gasteiger partial charge in [0.15, 0.2) is 0 Å². The molecule has 0 saturated carbocycles. The standard InChI is InChI=1S/C11H24N2O2.ClH/c1-14-8-9-15-7-6-13-4-2-11(10-12)3-5-13;/h11H,2-10,12H2,1H3;1H. The van der Waals surface area contributed by atoms with Crippen LogP contribution in [0.25, 0.3) is 0 Å². The third-order valence-corrected chi connectivity index (χ3v) is 3.02. The molecule has 1 aliphatic heterocycles. The lowest BCUT2D eigenvalue weighted by Gasteiger charge is -2.31. The maximum Gasteiger partial charge on any atom is 0.0700 e. The van der Waals surface area contributed by atoms with Crippen molar-refractivity contribution in [2.24, 2.45) is 11.7 Å². The van der Waals surface area contributed by atoms with Gasteiger partial charge in [-0.25, -0.2) is 0 Å². The van der Waals surface area contributed by atoms with Crippen LogP contribution in [0, 0.1) is 5.92 Å². The predicted octanol–water partition coefficient (Wildman–Crippen LogP) is 0.742. The van der Waals surface area contributed by atoms with Crippen LogP contribution in [-0.2, 0) is 9.47 Å². The molecule has 2 N–H and O–H groups in total. The SMILES string of the molecule is COCCOCCN1CCC(CN)CC1.Cl. The van der Waals surface area contributed by atoms with Crippen LogP contribution in [0.1, 0.15) is 12.8 Å². The molecule has 0 aromatic heterocycles. The largest absolute Gasteiger partial charge is 0.382 e. The fraction of sp³-hybridized carbons (Fsp3) is 1.00. The van der Waals surface area contributed by atoms with Crippen LogP contribution in [0.2, 0.25) is 0 Å². The number of ether oxygens (including phenoxy) is 2. The van der Waals surface area contributed by atoms with E-state index in [-0.39, 0.29) is 12.4 Å². The zero-order valence-electron chi connectivity index (χ0n) is 10.2. The van der Waals surface area contributed by atoms with Crippen molar-refractivity contribution in [1.29, 1.82) is 0 Å². The fourth-order valence-corrected chi connectivity index (χ4v) is 1.88. The first kappa shape index (κ1) is 16.1. The second-order valence-electron chi connectivity index (χ2n) is 4.13. The van der Waals surface area contributed by atoms with Gasteiger partial charge in [0.2, 0.25) is 0 Å². The van der Waals surface area contributed by atoms with E-state index in [9.17, 15) is 0 Å². The molecule has 1 rings (SSSR count). The molecule has 1 heterocycles. The summed E-state index contributed by atoms with van der Waals surface area (Å²) < 4.78 is 10.3. The van der Waals surface area contributed by atoms with Crippen LogP contribution in [0.4, 0.5) is 0 Å². The zero-order valence-corrected chi connectivity index (χ0v) is 11.0. The summed E-state index contributed by atoms with van der Waals surface area (Å²) in [6, 6.07) is 0. The lowest BCUT2D eigenvalue weighted by atomic mass is 9.97. The maximum absolute atomic E-state index is 5.65. The summed E-state index contributed by atoms with van der Waals surface area (Å²) in [4.78, 5) is 2.46. The normalized spacial score (nSPS) is 18.4. The number of methoxy groups -OCH3 is 1. The summed E-state index contributed by atoms with van der Waals surface area (Å²) in [6.07, 6.45) is 2.49. The molecule has 0 radical (unpaired) electrons. The van der Waals surface area contributed by atoms with E-state index in [1.54, 1.807) is 7.11 Å². The smallest absolute Gasteiger partial charge is 0.0700 e. The molecule has 1 aliphatic rings. The monoisotopic (exact) mass is 252 g/mol. The fourth-order valence-electron chi connectivity index (χ4n) is 1.88. The molecule has 1 fully saturated rings. The summed E-state index contributed by atoms with van der Waals surface area (Å²) in [7, 11) is 1.70. The number of hydrogen-bond donors (Lipinski definition) is 1. The van der Waals surface area contributed by atoms with Gasteiger partial charge in [0.05, 0.1) is 19.8 Å². The average molecular weight is 253 g/mol. The van der Waals surface area contributed by atoms with E-state index in [1.165, 1.54) is 25.9 Å². The van der Waals surface area contributed by atoms with E-state index in [0.717, 1.165) is 25.6 Å². The molecule has 1 saturated heterocycles. The number of nitrogens with zero attached hydrogens (tertiary/aromatic N) is 1. The Kier molecular flexibility index (Phi) is 10.4. The van der Waals surface area contributed by atoms with Gasteiger partial charge in [-0.1, -0.05) is 0 Å². The number of likely N-dealkylation sites (tertiary alicyclic amines) is 1. The molecule has 0 unspecified atom stereocenters. The van der Waals surface area contributed by atoms with Crippen LogP contribution >= 0.6 is 12.4 Å². The van der Waals surface area contributed by atoms with E-state index in [0.29, 0.717) is 13.2 Å². The van der Waals surface area contributed by atoms with Crippen molar-refractivity contribution in [1.82, 2.24) is 4.90 Å². The number of nitrogens with two attached hydrogens (primary N) is 1. The average Bonchev–Trinajstić information content (AvgIpc) is 2.30. The van der Waals surface area contributed by atoms with Crippen molar-refractivity contribution >= 4 is 12.4 Å². The summed E-state index contributed by atoms with van der Waals surface area (Å²) in [5.41, 5.74) is 5.65. The number of hydrogen-bond acceptors (Lipinski definition) is 4. The van der Waals surface area contributed by atoms with Gasteiger partial charge in [0.25, 0.3) is 0 Å². The van der Waals surface area contributed by atoms with Crippen LogP contribution in [0.15, 0.2) is 0 Å². The van der Waals surface area contributed by atoms with Gasteiger partial charge in [-0.2, -0.15) is 0 Å². The summed E-state index contributed by atoms with van der Waals surface area (Å²) in [6.45, 7) is 6.45. The summed E-state index contributed by atoms with van der Waals surface area (Å²) >= 11 is 0. The highest BCUT2D eigenvalue weighted by Gasteiger charge is 2.17. The van der Waals surface area contributed by atoms with Gasteiger partial charge in [0, 0.05) is 13.7 Å². The van der Waals surface area contributed by atoms with Gasteiger partial charge in [0.1, 0.15) is 0 Å². The summed E-state index contributed by atoms with van der Waals surface area (Å²) in [5.74, 6) is 0.746. The molecular weight excluding hydrogens is 228 g/mol. The Labute approximate surface area is 105 Å². The lowest BCUT2D eigenvalue weighted by Crippen LogP contribution is -2.38. The number of halogens is 1. The van der Waals surface area contributed by atoms with Gasteiger partial charge in [-0.3, -0.25) is 0 Å². The Balaban J connectivity index is 0.00000225. The Bertz CT molecular complexity index is 153. The third-order valence-electron chi connectivity index (χ3n) is 3.02. The molecule has 5 heteroatoms. The lowest BCUT2D eigenvalue weighted by molar-refractivity contribution is 0.0513. The minimum atomic E-state index is 0. The highest BCUT2D eigenvalue weighted by atomic mass is 35.5.